The molecule has 0 radical (unpaired) electrons. The van der Waals surface area contributed by atoms with Crippen molar-refractivity contribution in [2.45, 2.75) is 65.3 Å². The molecule has 5 nitrogen and oxygen atoms in total. The molecule has 1 heterocycles. The molecule has 0 saturated carbocycles. The molecule has 1 N–H and O–H groups in total. The zero-order chi connectivity index (χ0) is 24.6. The maximum absolute atomic E-state index is 12.9. The summed E-state index contributed by atoms with van der Waals surface area (Å²) < 4.78 is 56.6. The van der Waals surface area contributed by atoms with Crippen molar-refractivity contribution in [3.63, 3.8) is 0 Å². The second-order valence-corrected chi connectivity index (χ2v) is 8.92. The maximum Gasteiger partial charge on any atom is 0.497 e. The Labute approximate surface area is 192 Å². The van der Waals surface area contributed by atoms with Gasteiger partial charge in [0.2, 0.25) is 0 Å². The zero-order valence-electron chi connectivity index (χ0n) is 19.7. The minimum atomic E-state index is -4.41. The second kappa shape index (κ2) is 9.03. The van der Waals surface area contributed by atoms with Crippen LogP contribution in [0.15, 0.2) is 36.4 Å². The van der Waals surface area contributed by atoms with E-state index in [4.69, 9.17) is 14.0 Å². The number of nitrogens with one attached hydrogen (secondary N) is 1. The number of alkyl halides is 3. The number of anilines is 2. The van der Waals surface area contributed by atoms with E-state index in [0.29, 0.717) is 34.4 Å². The minimum absolute atomic E-state index is 0.235. The molecule has 0 atom stereocenters. The molecule has 9 heteroatoms. The van der Waals surface area contributed by atoms with Gasteiger partial charge in [-0.15, -0.1) is 0 Å². The standard InChI is InChI=1S/C24H29BF3NO4/c1-7-17-18(21(30)31-8-2)13-14-19(20(17)25-32-22(3,4)23(5,6)33-25)29-16-11-9-15(10-12-16)24(26,27)28/h9-14,29H,7-8H2,1-6H3. The fourth-order valence-electron chi connectivity index (χ4n) is 3.68. The van der Waals surface area contributed by atoms with Crippen LogP contribution in [0.5, 0.6) is 0 Å². The van der Waals surface area contributed by atoms with Crippen molar-refractivity contribution in [2.24, 2.45) is 0 Å². The van der Waals surface area contributed by atoms with Gasteiger partial charge in [-0.2, -0.15) is 13.2 Å². The third kappa shape index (κ3) is 5.04. The van der Waals surface area contributed by atoms with Gasteiger partial charge >= 0.3 is 19.3 Å². The summed E-state index contributed by atoms with van der Waals surface area (Å²) in [7, 11) is -0.781. The molecule has 0 aromatic heterocycles. The number of carbonyl (C=O) groups excluding carboxylic acids is 1. The number of rotatable bonds is 6. The lowest BCUT2D eigenvalue weighted by Crippen LogP contribution is -2.41. The number of hydrogen-bond donors (Lipinski definition) is 1. The minimum Gasteiger partial charge on any atom is -0.462 e. The van der Waals surface area contributed by atoms with Gasteiger partial charge in [0.05, 0.1) is 28.9 Å². The Morgan fingerprint density at radius 2 is 1.58 bits per heavy atom. The number of ether oxygens (including phenoxy) is 1. The molecule has 0 aliphatic carbocycles. The van der Waals surface area contributed by atoms with Gasteiger partial charge < -0.3 is 19.4 Å². The smallest absolute Gasteiger partial charge is 0.462 e. The molecule has 2 aromatic carbocycles. The van der Waals surface area contributed by atoms with Gasteiger partial charge in [0.25, 0.3) is 0 Å². The predicted molar refractivity (Wildman–Crippen MR) is 122 cm³/mol. The highest BCUT2D eigenvalue weighted by Crippen LogP contribution is 2.38. The molecular formula is C24H29BF3NO4. The summed E-state index contributed by atoms with van der Waals surface area (Å²) in [5.74, 6) is -0.451. The average molecular weight is 463 g/mol. The van der Waals surface area contributed by atoms with Crippen LogP contribution in [0.2, 0.25) is 0 Å². The van der Waals surface area contributed by atoms with Crippen LogP contribution in [0.25, 0.3) is 0 Å². The summed E-state index contributed by atoms with van der Waals surface area (Å²) in [5.41, 5.74) is 0.811. The average Bonchev–Trinajstić information content (AvgIpc) is 2.94. The van der Waals surface area contributed by atoms with E-state index in [9.17, 15) is 18.0 Å². The Kier molecular flexibility index (Phi) is 6.87. The zero-order valence-corrected chi connectivity index (χ0v) is 19.7. The molecule has 1 aliphatic heterocycles. The Balaban J connectivity index is 2.09. The van der Waals surface area contributed by atoms with Gasteiger partial charge in [-0.05, 0) is 83.0 Å². The molecule has 2 aromatic rings. The van der Waals surface area contributed by atoms with Crippen LogP contribution in [-0.2, 0) is 26.6 Å². The molecule has 0 amide bonds. The monoisotopic (exact) mass is 463 g/mol. The molecule has 0 unspecified atom stereocenters. The van der Waals surface area contributed by atoms with Gasteiger partial charge in [-0.1, -0.05) is 6.92 Å². The Morgan fingerprint density at radius 3 is 2.06 bits per heavy atom. The Morgan fingerprint density at radius 1 is 1.00 bits per heavy atom. The van der Waals surface area contributed by atoms with E-state index >= 15 is 0 Å². The topological polar surface area (TPSA) is 56.8 Å². The van der Waals surface area contributed by atoms with E-state index in [1.54, 1.807) is 19.1 Å². The fraction of sp³-hybridized carbons (Fsp3) is 0.458. The van der Waals surface area contributed by atoms with Crippen LogP contribution in [0.3, 0.4) is 0 Å². The van der Waals surface area contributed by atoms with Crippen LogP contribution < -0.4 is 10.8 Å². The van der Waals surface area contributed by atoms with Crippen LogP contribution in [-0.4, -0.2) is 30.9 Å². The first kappa shape index (κ1) is 25.1. The molecule has 3 rings (SSSR count). The van der Waals surface area contributed by atoms with Gasteiger partial charge in [-0.3, -0.25) is 0 Å². The summed E-state index contributed by atoms with van der Waals surface area (Å²) in [4.78, 5) is 12.6. The van der Waals surface area contributed by atoms with Gasteiger partial charge in [0, 0.05) is 16.8 Å². The van der Waals surface area contributed by atoms with Crippen LogP contribution in [0, 0.1) is 0 Å². The van der Waals surface area contributed by atoms with Crippen molar-refractivity contribution in [3.8, 4) is 0 Å². The number of carbonyl (C=O) groups is 1. The third-order valence-electron chi connectivity index (χ3n) is 6.19. The van der Waals surface area contributed by atoms with Crippen molar-refractivity contribution < 1.29 is 32.0 Å². The lowest BCUT2D eigenvalue weighted by Gasteiger charge is -2.32. The van der Waals surface area contributed by atoms with Crippen LogP contribution >= 0.6 is 0 Å². The first-order valence-electron chi connectivity index (χ1n) is 10.9. The quantitative estimate of drug-likeness (QED) is 0.454. The van der Waals surface area contributed by atoms with E-state index in [-0.39, 0.29) is 6.61 Å². The third-order valence-corrected chi connectivity index (χ3v) is 6.19. The lowest BCUT2D eigenvalue weighted by molar-refractivity contribution is -0.137. The van der Waals surface area contributed by atoms with E-state index in [2.05, 4.69) is 5.32 Å². The lowest BCUT2D eigenvalue weighted by atomic mass is 9.72. The molecule has 0 bridgehead atoms. The van der Waals surface area contributed by atoms with Crippen LogP contribution in [0.1, 0.15) is 63.0 Å². The molecule has 1 aliphatic rings. The van der Waals surface area contributed by atoms with Crippen molar-refractivity contribution in [2.75, 3.05) is 11.9 Å². The summed E-state index contributed by atoms with van der Waals surface area (Å²) in [5, 5.41) is 3.18. The SMILES string of the molecule is CCOC(=O)c1ccc(Nc2ccc(C(F)(F)F)cc2)c(B2OC(C)(C)C(C)(C)O2)c1CC. The summed E-state index contributed by atoms with van der Waals surface area (Å²) >= 11 is 0. The Hall–Kier alpha value is -2.52. The number of esters is 1. The summed E-state index contributed by atoms with van der Waals surface area (Å²) in [6.07, 6.45) is -3.92. The highest BCUT2D eigenvalue weighted by Gasteiger charge is 2.53. The summed E-state index contributed by atoms with van der Waals surface area (Å²) in [6, 6.07) is 8.11. The Bertz CT molecular complexity index is 1000. The number of hydrogen-bond acceptors (Lipinski definition) is 5. The van der Waals surface area contributed by atoms with Crippen LogP contribution in [0.4, 0.5) is 24.5 Å². The molecular weight excluding hydrogens is 434 g/mol. The van der Waals surface area contributed by atoms with Gasteiger partial charge in [0.15, 0.2) is 0 Å². The highest BCUT2D eigenvalue weighted by molar-refractivity contribution is 6.64. The van der Waals surface area contributed by atoms with Crippen molar-refractivity contribution in [3.05, 3.63) is 53.1 Å². The van der Waals surface area contributed by atoms with Crippen molar-refractivity contribution in [1.29, 1.82) is 0 Å². The summed E-state index contributed by atoms with van der Waals surface area (Å²) in [6.45, 7) is 11.6. The molecule has 0 spiro atoms. The van der Waals surface area contributed by atoms with Gasteiger partial charge in [-0.25, -0.2) is 4.79 Å². The van der Waals surface area contributed by atoms with Crippen molar-refractivity contribution in [1.82, 2.24) is 0 Å². The molecule has 1 saturated heterocycles. The fourth-order valence-corrected chi connectivity index (χ4v) is 3.68. The van der Waals surface area contributed by atoms with E-state index in [0.717, 1.165) is 12.1 Å². The van der Waals surface area contributed by atoms with E-state index in [1.807, 2.05) is 34.6 Å². The first-order chi connectivity index (χ1) is 15.3. The molecule has 178 valence electrons. The normalized spacial score (nSPS) is 17.2. The van der Waals surface area contributed by atoms with Crippen molar-refractivity contribution >= 4 is 29.9 Å². The maximum atomic E-state index is 12.9. The highest BCUT2D eigenvalue weighted by atomic mass is 19.4. The molecule has 33 heavy (non-hydrogen) atoms. The van der Waals surface area contributed by atoms with E-state index < -0.39 is 36.0 Å². The number of halogens is 3. The molecule has 1 fully saturated rings. The van der Waals surface area contributed by atoms with E-state index in [1.165, 1.54) is 12.1 Å². The predicted octanol–water partition coefficient (Wildman–Crippen LogP) is 5.49. The first-order valence-corrected chi connectivity index (χ1v) is 10.9. The van der Waals surface area contributed by atoms with Gasteiger partial charge in [0.1, 0.15) is 0 Å². The number of benzene rings is 2. The second-order valence-electron chi connectivity index (χ2n) is 8.92. The largest absolute Gasteiger partial charge is 0.497 e.